The Morgan fingerprint density at radius 1 is 0.929 bits per heavy atom. The predicted octanol–water partition coefficient (Wildman–Crippen LogP) is 2.98. The number of hydrogen-bond acceptors (Lipinski definition) is 5. The van der Waals surface area contributed by atoms with E-state index < -0.39 is 0 Å². The number of amides is 1. The SMILES string of the molecule is CCOC(=O)c1ccc(N2CCN(C(=O)CCOc3ccccc3)CC2)cc1. The van der Waals surface area contributed by atoms with Crippen LogP contribution in [0.5, 0.6) is 5.75 Å². The molecule has 0 atom stereocenters. The Morgan fingerprint density at radius 2 is 1.61 bits per heavy atom. The summed E-state index contributed by atoms with van der Waals surface area (Å²) in [5, 5.41) is 0. The molecule has 2 aromatic rings. The Labute approximate surface area is 165 Å². The lowest BCUT2D eigenvalue weighted by Gasteiger charge is -2.36. The van der Waals surface area contributed by atoms with Crippen LogP contribution < -0.4 is 9.64 Å². The van der Waals surface area contributed by atoms with E-state index in [1.165, 1.54) is 0 Å². The van der Waals surface area contributed by atoms with Crippen molar-refractivity contribution >= 4 is 17.6 Å². The van der Waals surface area contributed by atoms with E-state index in [9.17, 15) is 9.59 Å². The van der Waals surface area contributed by atoms with Gasteiger partial charge < -0.3 is 19.3 Å². The molecule has 0 N–H and O–H groups in total. The maximum atomic E-state index is 12.4. The molecule has 0 radical (unpaired) electrons. The van der Waals surface area contributed by atoms with Gasteiger partial charge in [0.2, 0.25) is 5.91 Å². The van der Waals surface area contributed by atoms with E-state index in [-0.39, 0.29) is 11.9 Å². The number of esters is 1. The predicted molar refractivity (Wildman–Crippen MR) is 108 cm³/mol. The third kappa shape index (κ3) is 5.25. The van der Waals surface area contributed by atoms with E-state index in [1.54, 1.807) is 19.1 Å². The monoisotopic (exact) mass is 382 g/mol. The number of benzene rings is 2. The Kier molecular flexibility index (Phi) is 6.89. The van der Waals surface area contributed by atoms with Gasteiger partial charge in [0.25, 0.3) is 0 Å². The Bertz CT molecular complexity index is 769. The minimum absolute atomic E-state index is 0.119. The standard InChI is InChI=1S/C22H26N2O4/c1-2-27-22(26)18-8-10-19(11-9-18)23-13-15-24(16-14-23)21(25)12-17-28-20-6-4-3-5-7-20/h3-11H,2,12-17H2,1H3. The van der Waals surface area contributed by atoms with Gasteiger partial charge in [-0.3, -0.25) is 4.79 Å². The molecule has 0 spiro atoms. The third-order valence-corrected chi connectivity index (χ3v) is 4.70. The topological polar surface area (TPSA) is 59.1 Å². The highest BCUT2D eigenvalue weighted by Gasteiger charge is 2.21. The number of para-hydroxylation sites is 1. The lowest BCUT2D eigenvalue weighted by Crippen LogP contribution is -2.49. The number of anilines is 1. The number of carbonyl (C=O) groups excluding carboxylic acids is 2. The van der Waals surface area contributed by atoms with E-state index in [2.05, 4.69) is 4.90 Å². The molecular weight excluding hydrogens is 356 g/mol. The average molecular weight is 382 g/mol. The number of rotatable bonds is 7. The molecule has 0 aliphatic carbocycles. The van der Waals surface area contributed by atoms with Gasteiger partial charge in [0, 0.05) is 31.9 Å². The highest BCUT2D eigenvalue weighted by molar-refractivity contribution is 5.89. The molecule has 0 unspecified atom stereocenters. The number of piperazine rings is 1. The highest BCUT2D eigenvalue weighted by Crippen LogP contribution is 2.18. The van der Waals surface area contributed by atoms with Crippen molar-refractivity contribution in [3.05, 3.63) is 60.2 Å². The van der Waals surface area contributed by atoms with E-state index >= 15 is 0 Å². The fourth-order valence-electron chi connectivity index (χ4n) is 3.17. The molecule has 1 heterocycles. The number of carbonyl (C=O) groups is 2. The first-order valence-corrected chi connectivity index (χ1v) is 9.65. The van der Waals surface area contributed by atoms with Gasteiger partial charge in [0.15, 0.2) is 0 Å². The summed E-state index contributed by atoms with van der Waals surface area (Å²) in [6.45, 7) is 5.45. The van der Waals surface area contributed by atoms with Crippen LogP contribution in [0, 0.1) is 0 Å². The van der Waals surface area contributed by atoms with Crippen LogP contribution in [-0.2, 0) is 9.53 Å². The van der Waals surface area contributed by atoms with Gasteiger partial charge in [0.1, 0.15) is 5.75 Å². The zero-order chi connectivity index (χ0) is 19.8. The molecule has 148 valence electrons. The first-order chi connectivity index (χ1) is 13.7. The lowest BCUT2D eigenvalue weighted by molar-refractivity contribution is -0.132. The molecular formula is C22H26N2O4. The van der Waals surface area contributed by atoms with Gasteiger partial charge in [-0.05, 0) is 43.3 Å². The van der Waals surface area contributed by atoms with Crippen molar-refractivity contribution in [1.82, 2.24) is 4.90 Å². The molecule has 6 nitrogen and oxygen atoms in total. The summed E-state index contributed by atoms with van der Waals surface area (Å²) in [4.78, 5) is 28.2. The van der Waals surface area contributed by atoms with Crippen LogP contribution in [-0.4, -0.2) is 56.2 Å². The van der Waals surface area contributed by atoms with Gasteiger partial charge >= 0.3 is 5.97 Å². The second kappa shape index (κ2) is 9.78. The van der Waals surface area contributed by atoms with Crippen LogP contribution in [0.2, 0.25) is 0 Å². The van der Waals surface area contributed by atoms with Gasteiger partial charge in [-0.2, -0.15) is 0 Å². The number of hydrogen-bond donors (Lipinski definition) is 0. The lowest BCUT2D eigenvalue weighted by atomic mass is 10.1. The van der Waals surface area contributed by atoms with Crippen molar-refractivity contribution < 1.29 is 19.1 Å². The van der Waals surface area contributed by atoms with Gasteiger partial charge in [0.05, 0.1) is 25.2 Å². The molecule has 28 heavy (non-hydrogen) atoms. The summed E-state index contributed by atoms with van der Waals surface area (Å²) in [5.41, 5.74) is 1.60. The minimum Gasteiger partial charge on any atom is -0.493 e. The largest absolute Gasteiger partial charge is 0.493 e. The molecule has 3 rings (SSSR count). The summed E-state index contributed by atoms with van der Waals surface area (Å²) in [5.74, 6) is 0.599. The van der Waals surface area contributed by atoms with E-state index in [0.29, 0.717) is 38.3 Å². The van der Waals surface area contributed by atoms with E-state index in [0.717, 1.165) is 24.5 Å². The smallest absolute Gasteiger partial charge is 0.338 e. The van der Waals surface area contributed by atoms with Crippen LogP contribution in [0.25, 0.3) is 0 Å². The number of ether oxygens (including phenoxy) is 2. The molecule has 1 aliphatic heterocycles. The molecule has 1 aliphatic rings. The van der Waals surface area contributed by atoms with Crippen molar-refractivity contribution in [3.8, 4) is 5.75 Å². The summed E-state index contributed by atoms with van der Waals surface area (Å²) in [6, 6.07) is 17.0. The highest BCUT2D eigenvalue weighted by atomic mass is 16.5. The molecule has 0 bridgehead atoms. The quantitative estimate of drug-likeness (QED) is 0.689. The summed E-state index contributed by atoms with van der Waals surface area (Å²) in [7, 11) is 0. The fraction of sp³-hybridized carbons (Fsp3) is 0.364. The fourth-order valence-corrected chi connectivity index (χ4v) is 3.17. The van der Waals surface area contributed by atoms with E-state index in [4.69, 9.17) is 9.47 Å². The van der Waals surface area contributed by atoms with Crippen molar-refractivity contribution in [2.45, 2.75) is 13.3 Å². The molecule has 1 amide bonds. The van der Waals surface area contributed by atoms with Crippen molar-refractivity contribution in [1.29, 1.82) is 0 Å². The minimum atomic E-state index is -0.304. The normalized spacial score (nSPS) is 13.9. The third-order valence-electron chi connectivity index (χ3n) is 4.70. The van der Waals surface area contributed by atoms with Crippen LogP contribution >= 0.6 is 0 Å². The maximum Gasteiger partial charge on any atom is 0.338 e. The molecule has 1 saturated heterocycles. The first kappa shape index (κ1) is 19.7. The summed E-state index contributed by atoms with van der Waals surface area (Å²) < 4.78 is 10.6. The maximum absolute atomic E-state index is 12.4. The number of nitrogens with zero attached hydrogens (tertiary/aromatic N) is 2. The van der Waals surface area contributed by atoms with Crippen molar-refractivity contribution in [2.75, 3.05) is 44.3 Å². The summed E-state index contributed by atoms with van der Waals surface area (Å²) in [6.07, 6.45) is 0.378. The summed E-state index contributed by atoms with van der Waals surface area (Å²) >= 11 is 0. The molecule has 1 fully saturated rings. The molecule has 2 aromatic carbocycles. The van der Waals surface area contributed by atoms with Gasteiger partial charge in [-0.25, -0.2) is 4.79 Å². The van der Waals surface area contributed by atoms with Crippen LogP contribution in [0.15, 0.2) is 54.6 Å². The average Bonchev–Trinajstić information content (AvgIpc) is 2.75. The van der Waals surface area contributed by atoms with Gasteiger partial charge in [-0.1, -0.05) is 18.2 Å². The first-order valence-electron chi connectivity index (χ1n) is 9.65. The van der Waals surface area contributed by atoms with Crippen molar-refractivity contribution in [2.24, 2.45) is 0 Å². The van der Waals surface area contributed by atoms with Gasteiger partial charge in [-0.15, -0.1) is 0 Å². The second-order valence-corrected chi connectivity index (χ2v) is 6.55. The van der Waals surface area contributed by atoms with E-state index in [1.807, 2.05) is 47.4 Å². The zero-order valence-corrected chi connectivity index (χ0v) is 16.2. The Balaban J connectivity index is 1.43. The molecule has 6 heteroatoms. The molecule has 0 saturated carbocycles. The second-order valence-electron chi connectivity index (χ2n) is 6.55. The Morgan fingerprint density at radius 3 is 2.25 bits per heavy atom. The molecule has 0 aromatic heterocycles. The Hall–Kier alpha value is -3.02. The van der Waals surface area contributed by atoms with Crippen molar-refractivity contribution in [3.63, 3.8) is 0 Å². The zero-order valence-electron chi connectivity index (χ0n) is 16.2. The van der Waals surface area contributed by atoms with Crippen LogP contribution in [0.4, 0.5) is 5.69 Å². The van der Waals surface area contributed by atoms with Crippen LogP contribution in [0.3, 0.4) is 0 Å². The van der Waals surface area contributed by atoms with Crippen LogP contribution in [0.1, 0.15) is 23.7 Å².